The van der Waals surface area contributed by atoms with Crippen LogP contribution in [-0.4, -0.2) is 32.7 Å². The van der Waals surface area contributed by atoms with E-state index in [0.29, 0.717) is 16.8 Å². The molecule has 0 radical (unpaired) electrons. The number of methoxy groups -OCH3 is 2. The minimum Gasteiger partial charge on any atom is -0.465 e. The Morgan fingerprint density at radius 2 is 1.61 bits per heavy atom. The fraction of sp³-hybridized carbons (Fsp3) is 0.556. The van der Waals surface area contributed by atoms with Crippen molar-refractivity contribution in [3.63, 3.8) is 0 Å². The maximum atomic E-state index is 11.8. The van der Waals surface area contributed by atoms with Crippen LogP contribution in [0.3, 0.4) is 0 Å². The van der Waals surface area contributed by atoms with Gasteiger partial charge in [0.05, 0.1) is 25.3 Å². The molecule has 1 rings (SSSR count). The van der Waals surface area contributed by atoms with Crippen molar-refractivity contribution in [2.45, 2.75) is 45.4 Å². The number of esters is 2. The summed E-state index contributed by atoms with van der Waals surface area (Å²) in [4.78, 5) is 23.4. The summed E-state index contributed by atoms with van der Waals surface area (Å²) in [6.45, 7) is 2.95. The third-order valence-corrected chi connectivity index (χ3v) is 3.69. The SMILES string of the molecule is CCCCCCCCNc1cc(C(=O)OC)ccc1C(=O)OC. The molecule has 128 valence electrons. The third-order valence-electron chi connectivity index (χ3n) is 3.69. The van der Waals surface area contributed by atoms with Crippen molar-refractivity contribution in [1.29, 1.82) is 0 Å². The van der Waals surface area contributed by atoms with Crippen molar-refractivity contribution < 1.29 is 19.1 Å². The first-order valence-corrected chi connectivity index (χ1v) is 8.18. The van der Waals surface area contributed by atoms with Gasteiger partial charge >= 0.3 is 11.9 Å². The summed E-state index contributed by atoms with van der Waals surface area (Å²) in [6.07, 6.45) is 7.18. The maximum absolute atomic E-state index is 11.8. The summed E-state index contributed by atoms with van der Waals surface area (Å²) in [7, 11) is 2.67. The van der Waals surface area contributed by atoms with E-state index in [2.05, 4.69) is 12.2 Å². The van der Waals surface area contributed by atoms with E-state index in [-0.39, 0.29) is 0 Å². The molecule has 0 aliphatic heterocycles. The molecule has 0 atom stereocenters. The molecule has 0 aromatic heterocycles. The minimum atomic E-state index is -0.427. The van der Waals surface area contributed by atoms with E-state index in [1.54, 1.807) is 18.2 Å². The molecule has 0 bridgehead atoms. The summed E-state index contributed by atoms with van der Waals surface area (Å²) >= 11 is 0. The van der Waals surface area contributed by atoms with E-state index in [0.717, 1.165) is 19.4 Å². The van der Waals surface area contributed by atoms with Crippen molar-refractivity contribution >= 4 is 17.6 Å². The predicted molar refractivity (Wildman–Crippen MR) is 91.0 cm³/mol. The molecule has 1 aromatic rings. The summed E-state index contributed by atoms with van der Waals surface area (Å²) in [6, 6.07) is 4.78. The van der Waals surface area contributed by atoms with Crippen LogP contribution in [0.1, 0.15) is 66.2 Å². The number of nitrogens with one attached hydrogen (secondary N) is 1. The zero-order valence-corrected chi connectivity index (χ0v) is 14.3. The highest BCUT2D eigenvalue weighted by atomic mass is 16.5. The molecule has 23 heavy (non-hydrogen) atoms. The summed E-state index contributed by atoms with van der Waals surface area (Å²) < 4.78 is 9.50. The second-order valence-corrected chi connectivity index (χ2v) is 5.44. The molecule has 0 heterocycles. The fourth-order valence-electron chi connectivity index (χ4n) is 2.35. The molecule has 0 aliphatic carbocycles. The molecule has 0 fully saturated rings. The molecule has 5 nitrogen and oxygen atoms in total. The Balaban J connectivity index is 2.65. The molecule has 1 aromatic carbocycles. The lowest BCUT2D eigenvalue weighted by Gasteiger charge is -2.12. The van der Waals surface area contributed by atoms with Gasteiger partial charge in [0, 0.05) is 12.2 Å². The number of benzene rings is 1. The summed E-state index contributed by atoms with van der Waals surface area (Å²) in [5.74, 6) is -0.851. The van der Waals surface area contributed by atoms with Gasteiger partial charge in [-0.15, -0.1) is 0 Å². The highest BCUT2D eigenvalue weighted by Gasteiger charge is 2.15. The molecule has 0 saturated heterocycles. The van der Waals surface area contributed by atoms with Crippen LogP contribution in [0, 0.1) is 0 Å². The molecular formula is C18H27NO4. The molecule has 0 spiro atoms. The Morgan fingerprint density at radius 1 is 0.957 bits per heavy atom. The topological polar surface area (TPSA) is 64.6 Å². The standard InChI is InChI=1S/C18H27NO4/c1-4-5-6-7-8-9-12-19-16-13-14(17(20)22-2)10-11-15(16)18(21)23-3/h10-11,13,19H,4-9,12H2,1-3H3. The quantitative estimate of drug-likeness (QED) is 0.520. The first-order valence-electron chi connectivity index (χ1n) is 8.18. The summed E-state index contributed by atoms with van der Waals surface area (Å²) in [5, 5.41) is 3.23. The van der Waals surface area contributed by atoms with Gasteiger partial charge in [-0.2, -0.15) is 0 Å². The normalized spacial score (nSPS) is 10.2. The number of rotatable bonds is 10. The van der Waals surface area contributed by atoms with Gasteiger partial charge in [0.1, 0.15) is 0 Å². The first-order chi connectivity index (χ1) is 11.1. The molecule has 0 unspecified atom stereocenters. The van der Waals surface area contributed by atoms with Crippen LogP contribution in [-0.2, 0) is 9.47 Å². The van der Waals surface area contributed by atoms with Crippen LogP contribution in [0.4, 0.5) is 5.69 Å². The fourth-order valence-corrected chi connectivity index (χ4v) is 2.35. The summed E-state index contributed by atoms with van der Waals surface area (Å²) in [5.41, 5.74) is 1.44. The number of hydrogen-bond acceptors (Lipinski definition) is 5. The Hall–Kier alpha value is -2.04. The van der Waals surface area contributed by atoms with Gasteiger partial charge in [-0.3, -0.25) is 0 Å². The van der Waals surface area contributed by atoms with Crippen molar-refractivity contribution in [2.24, 2.45) is 0 Å². The van der Waals surface area contributed by atoms with Crippen LogP contribution >= 0.6 is 0 Å². The Morgan fingerprint density at radius 3 is 2.26 bits per heavy atom. The Kier molecular flexibility index (Phi) is 8.80. The van der Waals surface area contributed by atoms with E-state index in [9.17, 15) is 9.59 Å². The smallest absolute Gasteiger partial charge is 0.339 e. The molecule has 5 heteroatoms. The monoisotopic (exact) mass is 321 g/mol. The number of anilines is 1. The van der Waals surface area contributed by atoms with Crippen molar-refractivity contribution in [3.05, 3.63) is 29.3 Å². The van der Waals surface area contributed by atoms with Gasteiger partial charge in [0.25, 0.3) is 0 Å². The van der Waals surface area contributed by atoms with Crippen LogP contribution in [0.2, 0.25) is 0 Å². The predicted octanol–water partition coefficient (Wildman–Crippen LogP) is 4.03. The van der Waals surface area contributed by atoms with Gasteiger partial charge < -0.3 is 14.8 Å². The molecule has 0 amide bonds. The lowest BCUT2D eigenvalue weighted by atomic mass is 10.1. The lowest BCUT2D eigenvalue weighted by molar-refractivity contribution is 0.0587. The van der Waals surface area contributed by atoms with E-state index in [1.165, 1.54) is 39.9 Å². The van der Waals surface area contributed by atoms with Gasteiger partial charge in [0.2, 0.25) is 0 Å². The number of unbranched alkanes of at least 4 members (excludes halogenated alkanes) is 5. The van der Waals surface area contributed by atoms with Gasteiger partial charge in [-0.25, -0.2) is 9.59 Å². The van der Waals surface area contributed by atoms with Crippen LogP contribution in [0.15, 0.2) is 18.2 Å². The maximum Gasteiger partial charge on any atom is 0.339 e. The van der Waals surface area contributed by atoms with Crippen molar-refractivity contribution in [2.75, 3.05) is 26.1 Å². The largest absolute Gasteiger partial charge is 0.465 e. The van der Waals surface area contributed by atoms with Crippen LogP contribution < -0.4 is 5.32 Å². The van der Waals surface area contributed by atoms with Gasteiger partial charge in [-0.05, 0) is 24.6 Å². The number of carbonyl (C=O) groups excluding carboxylic acids is 2. The highest BCUT2D eigenvalue weighted by molar-refractivity contribution is 5.98. The van der Waals surface area contributed by atoms with Crippen molar-refractivity contribution in [1.82, 2.24) is 0 Å². The molecule has 1 N–H and O–H groups in total. The Bertz CT molecular complexity index is 514. The van der Waals surface area contributed by atoms with Gasteiger partial charge in [0.15, 0.2) is 0 Å². The van der Waals surface area contributed by atoms with E-state index >= 15 is 0 Å². The molecule has 0 saturated carbocycles. The third kappa shape index (κ3) is 6.30. The zero-order valence-electron chi connectivity index (χ0n) is 14.3. The second-order valence-electron chi connectivity index (χ2n) is 5.44. The van der Waals surface area contributed by atoms with Gasteiger partial charge in [-0.1, -0.05) is 39.0 Å². The number of carbonyl (C=O) groups is 2. The average molecular weight is 321 g/mol. The van der Waals surface area contributed by atoms with E-state index < -0.39 is 11.9 Å². The molecule has 0 aliphatic rings. The van der Waals surface area contributed by atoms with Crippen molar-refractivity contribution in [3.8, 4) is 0 Å². The second kappa shape index (κ2) is 10.6. The lowest BCUT2D eigenvalue weighted by Crippen LogP contribution is -2.11. The van der Waals surface area contributed by atoms with Crippen LogP contribution in [0.25, 0.3) is 0 Å². The highest BCUT2D eigenvalue weighted by Crippen LogP contribution is 2.20. The zero-order chi connectivity index (χ0) is 17.1. The number of hydrogen-bond donors (Lipinski definition) is 1. The van der Waals surface area contributed by atoms with E-state index in [1.807, 2.05) is 0 Å². The average Bonchev–Trinajstić information content (AvgIpc) is 2.59. The van der Waals surface area contributed by atoms with Crippen LogP contribution in [0.5, 0.6) is 0 Å². The number of ether oxygens (including phenoxy) is 2. The Labute approximate surface area is 138 Å². The minimum absolute atomic E-state index is 0.408. The molecular weight excluding hydrogens is 294 g/mol. The van der Waals surface area contributed by atoms with E-state index in [4.69, 9.17) is 9.47 Å². The first kappa shape index (κ1) is 19.0.